The number of hydrogen-bond acceptors (Lipinski definition) is 5. The second-order valence-electron chi connectivity index (χ2n) is 4.31. The van der Waals surface area contributed by atoms with Gasteiger partial charge in [0.25, 0.3) is 6.43 Å². The van der Waals surface area contributed by atoms with Gasteiger partial charge in [-0.15, -0.1) is 5.10 Å². The number of hydrogen-bond donors (Lipinski definition) is 1. The van der Waals surface area contributed by atoms with Crippen LogP contribution in [0, 0.1) is 0 Å². The largest absolute Gasteiger partial charge is 0.493 e. The molecule has 2 aromatic heterocycles. The zero-order valence-electron chi connectivity index (χ0n) is 10.9. The van der Waals surface area contributed by atoms with E-state index in [-0.39, 0.29) is 5.88 Å². The molecule has 0 amide bonds. The third-order valence-corrected chi connectivity index (χ3v) is 3.10. The summed E-state index contributed by atoms with van der Waals surface area (Å²) < 4.78 is 26.5. The Hall–Kier alpha value is -2.61. The number of rotatable bonds is 3. The Kier molecular flexibility index (Phi) is 3.68. The molecule has 2 heterocycles. The molecule has 0 fully saturated rings. The Morgan fingerprint density at radius 1 is 1.18 bits per heavy atom. The molecule has 0 unspecified atom stereocenters. The zero-order valence-corrected chi connectivity index (χ0v) is 11.6. The highest BCUT2D eigenvalue weighted by molar-refractivity contribution is 6.31. The van der Waals surface area contributed by atoms with Crippen LogP contribution in [0.5, 0.6) is 5.88 Å². The predicted molar refractivity (Wildman–Crippen MR) is 74.0 cm³/mol. The van der Waals surface area contributed by atoms with Crippen molar-refractivity contribution >= 4 is 11.6 Å². The quantitative estimate of drug-likeness (QED) is 0.801. The lowest BCUT2D eigenvalue weighted by atomic mass is 10.1. The molecule has 0 bridgehead atoms. The maximum atomic E-state index is 12.6. The van der Waals surface area contributed by atoms with E-state index in [0.717, 1.165) is 6.20 Å². The number of benzene rings is 1. The number of aromatic nitrogens is 5. The second kappa shape index (κ2) is 5.64. The van der Waals surface area contributed by atoms with Gasteiger partial charge in [0, 0.05) is 16.7 Å². The average molecular weight is 324 g/mol. The minimum atomic E-state index is -2.72. The van der Waals surface area contributed by atoms with Crippen LogP contribution in [-0.4, -0.2) is 30.1 Å². The standard InChI is InChI=1S/C13H8ClF2N5O/c14-7-1-2-11(21-5-10(13(15)16)19-20-21)8(3-7)9-4-12(22)18-6-17-9/h1-6,13H,(H,17,18,22). The molecular formula is C13H8ClF2N5O. The van der Waals surface area contributed by atoms with Gasteiger partial charge in [0.2, 0.25) is 5.88 Å². The molecule has 0 aliphatic rings. The fourth-order valence-corrected chi connectivity index (χ4v) is 2.07. The molecule has 0 saturated heterocycles. The van der Waals surface area contributed by atoms with Crippen LogP contribution < -0.4 is 0 Å². The molecule has 22 heavy (non-hydrogen) atoms. The lowest BCUT2D eigenvalue weighted by Gasteiger charge is -2.09. The van der Waals surface area contributed by atoms with Gasteiger partial charge >= 0.3 is 0 Å². The van der Waals surface area contributed by atoms with Gasteiger partial charge in [-0.1, -0.05) is 16.8 Å². The third kappa shape index (κ3) is 2.73. The van der Waals surface area contributed by atoms with Crippen molar-refractivity contribution in [1.82, 2.24) is 25.0 Å². The van der Waals surface area contributed by atoms with Gasteiger partial charge < -0.3 is 5.11 Å². The molecule has 6 nitrogen and oxygen atoms in total. The van der Waals surface area contributed by atoms with E-state index < -0.39 is 12.1 Å². The van der Waals surface area contributed by atoms with Gasteiger partial charge in [0.05, 0.1) is 17.6 Å². The molecule has 1 aromatic carbocycles. The van der Waals surface area contributed by atoms with E-state index in [1.807, 2.05) is 0 Å². The SMILES string of the molecule is Oc1cc(-c2cc(Cl)ccc2-n2cc(C(F)F)nn2)ncn1. The number of nitrogens with zero attached hydrogens (tertiary/aromatic N) is 5. The summed E-state index contributed by atoms with van der Waals surface area (Å²) in [5, 5.41) is 17.0. The zero-order chi connectivity index (χ0) is 15.7. The number of aromatic hydroxyl groups is 1. The number of halogens is 3. The summed E-state index contributed by atoms with van der Waals surface area (Å²) >= 11 is 5.98. The molecule has 0 spiro atoms. The maximum absolute atomic E-state index is 12.6. The van der Waals surface area contributed by atoms with Crippen molar-refractivity contribution in [2.24, 2.45) is 0 Å². The third-order valence-electron chi connectivity index (χ3n) is 2.87. The van der Waals surface area contributed by atoms with Crippen LogP contribution in [0.4, 0.5) is 8.78 Å². The molecule has 9 heteroatoms. The Bertz CT molecular complexity index is 824. The van der Waals surface area contributed by atoms with Gasteiger partial charge in [0.1, 0.15) is 12.0 Å². The highest BCUT2D eigenvalue weighted by atomic mass is 35.5. The molecular weight excluding hydrogens is 316 g/mol. The summed E-state index contributed by atoms with van der Waals surface area (Å²) in [4.78, 5) is 7.63. The van der Waals surface area contributed by atoms with Crippen molar-refractivity contribution in [3.8, 4) is 22.8 Å². The van der Waals surface area contributed by atoms with Gasteiger partial charge in [-0.05, 0) is 18.2 Å². The normalized spacial score (nSPS) is 11.1. The van der Waals surface area contributed by atoms with E-state index in [4.69, 9.17) is 11.6 Å². The van der Waals surface area contributed by atoms with E-state index >= 15 is 0 Å². The smallest absolute Gasteiger partial charge is 0.283 e. The Labute approximate surface area is 128 Å². The first-order valence-electron chi connectivity index (χ1n) is 6.06. The van der Waals surface area contributed by atoms with Crippen molar-refractivity contribution in [1.29, 1.82) is 0 Å². The van der Waals surface area contributed by atoms with Crippen LogP contribution in [0.2, 0.25) is 5.02 Å². The summed E-state index contributed by atoms with van der Waals surface area (Å²) in [5.74, 6) is -0.220. The molecule has 0 saturated carbocycles. The summed E-state index contributed by atoms with van der Waals surface area (Å²) in [6.45, 7) is 0. The van der Waals surface area contributed by atoms with E-state index in [0.29, 0.717) is 22.0 Å². The minimum Gasteiger partial charge on any atom is -0.493 e. The lowest BCUT2D eigenvalue weighted by Crippen LogP contribution is -1.99. The monoisotopic (exact) mass is 323 g/mol. The summed E-state index contributed by atoms with van der Waals surface area (Å²) in [5.41, 5.74) is 0.878. The Morgan fingerprint density at radius 3 is 2.68 bits per heavy atom. The van der Waals surface area contributed by atoms with E-state index in [2.05, 4.69) is 20.3 Å². The molecule has 0 aliphatic heterocycles. The summed E-state index contributed by atoms with van der Waals surface area (Å²) in [6.07, 6.45) is -0.410. The van der Waals surface area contributed by atoms with Crippen molar-refractivity contribution in [3.63, 3.8) is 0 Å². The molecule has 112 valence electrons. The first-order valence-corrected chi connectivity index (χ1v) is 6.44. The van der Waals surface area contributed by atoms with Crippen molar-refractivity contribution in [3.05, 3.63) is 47.5 Å². The molecule has 0 aliphatic carbocycles. The fourth-order valence-electron chi connectivity index (χ4n) is 1.90. The molecule has 3 aromatic rings. The van der Waals surface area contributed by atoms with Gasteiger partial charge in [-0.25, -0.2) is 23.4 Å². The van der Waals surface area contributed by atoms with Gasteiger partial charge in [-0.2, -0.15) is 0 Å². The minimum absolute atomic E-state index is 0.220. The predicted octanol–water partition coefficient (Wildman–Crippen LogP) is 3.02. The van der Waals surface area contributed by atoms with E-state index in [1.54, 1.807) is 18.2 Å². The van der Waals surface area contributed by atoms with Crippen LogP contribution >= 0.6 is 11.6 Å². The van der Waals surface area contributed by atoms with Crippen LogP contribution in [0.25, 0.3) is 16.9 Å². The maximum Gasteiger partial charge on any atom is 0.283 e. The second-order valence-corrected chi connectivity index (χ2v) is 4.75. The highest BCUT2D eigenvalue weighted by Crippen LogP contribution is 2.29. The number of alkyl halides is 2. The topological polar surface area (TPSA) is 76.7 Å². The Morgan fingerprint density at radius 2 is 2.00 bits per heavy atom. The highest BCUT2D eigenvalue weighted by Gasteiger charge is 2.16. The van der Waals surface area contributed by atoms with E-state index in [9.17, 15) is 13.9 Å². The molecule has 0 radical (unpaired) electrons. The van der Waals surface area contributed by atoms with Crippen LogP contribution in [-0.2, 0) is 0 Å². The van der Waals surface area contributed by atoms with Gasteiger partial charge in [-0.3, -0.25) is 0 Å². The van der Waals surface area contributed by atoms with Crippen LogP contribution in [0.15, 0.2) is 36.8 Å². The van der Waals surface area contributed by atoms with E-state index in [1.165, 1.54) is 17.1 Å². The molecule has 1 N–H and O–H groups in total. The average Bonchev–Trinajstić information content (AvgIpc) is 2.97. The van der Waals surface area contributed by atoms with Crippen molar-refractivity contribution < 1.29 is 13.9 Å². The van der Waals surface area contributed by atoms with Crippen molar-refractivity contribution in [2.45, 2.75) is 6.43 Å². The first-order chi connectivity index (χ1) is 10.5. The van der Waals surface area contributed by atoms with Crippen LogP contribution in [0.3, 0.4) is 0 Å². The van der Waals surface area contributed by atoms with Crippen molar-refractivity contribution in [2.75, 3.05) is 0 Å². The van der Waals surface area contributed by atoms with Crippen LogP contribution in [0.1, 0.15) is 12.1 Å². The first kappa shape index (κ1) is 14.3. The molecule has 0 atom stereocenters. The lowest BCUT2D eigenvalue weighted by molar-refractivity contribution is 0.146. The fraction of sp³-hybridized carbons (Fsp3) is 0.0769. The summed E-state index contributed by atoms with van der Waals surface area (Å²) in [6, 6.07) is 6.11. The molecule has 3 rings (SSSR count). The van der Waals surface area contributed by atoms with Gasteiger partial charge in [0.15, 0.2) is 0 Å². The Balaban J connectivity index is 2.15. The summed E-state index contributed by atoms with van der Waals surface area (Å²) in [7, 11) is 0.